The summed E-state index contributed by atoms with van der Waals surface area (Å²) in [5, 5.41) is 4.56. The van der Waals surface area contributed by atoms with Crippen molar-refractivity contribution in [3.8, 4) is 0 Å². The van der Waals surface area contributed by atoms with E-state index in [1.54, 1.807) is 0 Å². The first-order valence-electron chi connectivity index (χ1n) is 7.67. The first-order valence-corrected chi connectivity index (χ1v) is 7.67. The van der Waals surface area contributed by atoms with Gasteiger partial charge in [-0.15, -0.1) is 0 Å². The van der Waals surface area contributed by atoms with Gasteiger partial charge in [-0.05, 0) is 30.4 Å². The molecule has 3 rings (SSSR count). The summed E-state index contributed by atoms with van der Waals surface area (Å²) in [6, 6.07) is 8.00. The van der Waals surface area contributed by atoms with E-state index in [-0.39, 0.29) is 0 Å². The summed E-state index contributed by atoms with van der Waals surface area (Å²) in [7, 11) is 0. The van der Waals surface area contributed by atoms with Gasteiger partial charge in [-0.1, -0.05) is 38.3 Å². The Bertz CT molecular complexity index is 619. The van der Waals surface area contributed by atoms with Crippen LogP contribution in [0.4, 0.5) is 11.8 Å². The Balaban J connectivity index is 1.85. The van der Waals surface area contributed by atoms with E-state index in [4.69, 9.17) is 5.84 Å². The van der Waals surface area contributed by atoms with Crippen LogP contribution in [0.2, 0.25) is 0 Å². The van der Waals surface area contributed by atoms with Crippen molar-refractivity contribution in [2.24, 2.45) is 11.3 Å². The molecule has 1 heterocycles. The summed E-state index contributed by atoms with van der Waals surface area (Å²) >= 11 is 0. The maximum Gasteiger partial charge on any atom is 0.239 e. The molecule has 5 heteroatoms. The lowest BCUT2D eigenvalue weighted by Gasteiger charge is -2.34. The standard InChI is InChI=1S/C16H23N5/c1-16(9-5-2-6-10-16)11-18-14-12-7-3-4-8-13(12)19-15(20-14)21-17/h3-4,7-8H,2,5-6,9-11,17H2,1H3,(H2,18,19,20,21). The van der Waals surface area contributed by atoms with E-state index in [9.17, 15) is 0 Å². The zero-order valence-electron chi connectivity index (χ0n) is 12.5. The number of benzene rings is 1. The lowest BCUT2D eigenvalue weighted by Crippen LogP contribution is -2.29. The molecule has 21 heavy (non-hydrogen) atoms. The van der Waals surface area contributed by atoms with Crippen molar-refractivity contribution in [1.82, 2.24) is 9.97 Å². The van der Waals surface area contributed by atoms with E-state index in [1.165, 1.54) is 32.1 Å². The van der Waals surface area contributed by atoms with Gasteiger partial charge < -0.3 is 5.32 Å². The number of rotatable bonds is 4. The van der Waals surface area contributed by atoms with Crippen LogP contribution < -0.4 is 16.6 Å². The smallest absolute Gasteiger partial charge is 0.239 e. The molecule has 1 aliphatic rings. The lowest BCUT2D eigenvalue weighted by atomic mass is 9.76. The molecule has 0 radical (unpaired) electrons. The number of para-hydroxylation sites is 1. The molecule has 0 aliphatic heterocycles. The molecule has 0 saturated heterocycles. The molecule has 1 saturated carbocycles. The summed E-state index contributed by atoms with van der Waals surface area (Å²) in [5.74, 6) is 6.78. The fourth-order valence-corrected chi connectivity index (χ4v) is 3.16. The molecule has 112 valence electrons. The highest BCUT2D eigenvalue weighted by atomic mass is 15.3. The van der Waals surface area contributed by atoms with Crippen LogP contribution in [0.3, 0.4) is 0 Å². The third kappa shape index (κ3) is 3.08. The molecule has 0 bridgehead atoms. The topological polar surface area (TPSA) is 75.9 Å². The Morgan fingerprint density at radius 2 is 1.90 bits per heavy atom. The van der Waals surface area contributed by atoms with E-state index in [1.807, 2.05) is 24.3 Å². The number of nitrogen functional groups attached to an aromatic ring is 1. The molecule has 2 aromatic rings. The Kier molecular flexibility index (Phi) is 3.92. The fraction of sp³-hybridized carbons (Fsp3) is 0.500. The van der Waals surface area contributed by atoms with Crippen molar-refractivity contribution in [2.75, 3.05) is 17.3 Å². The molecule has 0 spiro atoms. The second-order valence-corrected chi connectivity index (χ2v) is 6.28. The second kappa shape index (κ2) is 5.85. The van der Waals surface area contributed by atoms with Gasteiger partial charge in [-0.25, -0.2) is 10.8 Å². The second-order valence-electron chi connectivity index (χ2n) is 6.28. The Labute approximate surface area is 125 Å². The van der Waals surface area contributed by atoms with Gasteiger partial charge in [0.2, 0.25) is 5.95 Å². The number of fused-ring (bicyclic) bond motifs is 1. The lowest BCUT2D eigenvalue weighted by molar-refractivity contribution is 0.233. The van der Waals surface area contributed by atoms with E-state index in [0.29, 0.717) is 11.4 Å². The van der Waals surface area contributed by atoms with Crippen molar-refractivity contribution in [3.05, 3.63) is 24.3 Å². The molecular weight excluding hydrogens is 262 g/mol. The average molecular weight is 285 g/mol. The highest BCUT2D eigenvalue weighted by molar-refractivity contribution is 5.89. The third-order valence-corrected chi connectivity index (χ3v) is 4.48. The van der Waals surface area contributed by atoms with Crippen LogP contribution in [0, 0.1) is 5.41 Å². The zero-order valence-corrected chi connectivity index (χ0v) is 12.5. The first kappa shape index (κ1) is 14.1. The molecule has 1 aliphatic carbocycles. The molecule has 1 fully saturated rings. The highest BCUT2D eigenvalue weighted by Gasteiger charge is 2.26. The van der Waals surface area contributed by atoms with Gasteiger partial charge in [0.1, 0.15) is 5.82 Å². The number of hydrogen-bond donors (Lipinski definition) is 3. The van der Waals surface area contributed by atoms with Crippen LogP contribution in [0.5, 0.6) is 0 Å². The van der Waals surface area contributed by atoms with Crippen LogP contribution >= 0.6 is 0 Å². The third-order valence-electron chi connectivity index (χ3n) is 4.48. The fourth-order valence-electron chi connectivity index (χ4n) is 3.16. The normalized spacial score (nSPS) is 17.6. The van der Waals surface area contributed by atoms with Gasteiger partial charge in [0.15, 0.2) is 0 Å². The first-order chi connectivity index (χ1) is 10.2. The molecule has 1 aromatic heterocycles. The summed E-state index contributed by atoms with van der Waals surface area (Å²) in [4.78, 5) is 8.86. The van der Waals surface area contributed by atoms with Crippen LogP contribution in [-0.4, -0.2) is 16.5 Å². The van der Waals surface area contributed by atoms with E-state index < -0.39 is 0 Å². The van der Waals surface area contributed by atoms with Gasteiger partial charge in [0, 0.05) is 11.9 Å². The number of aromatic nitrogens is 2. The number of nitrogens with two attached hydrogens (primary N) is 1. The van der Waals surface area contributed by atoms with E-state index in [0.717, 1.165) is 23.3 Å². The summed E-state index contributed by atoms with van der Waals surface area (Å²) < 4.78 is 0. The minimum atomic E-state index is 0.362. The molecular formula is C16H23N5. The minimum absolute atomic E-state index is 0.362. The van der Waals surface area contributed by atoms with Crippen molar-refractivity contribution >= 4 is 22.7 Å². The van der Waals surface area contributed by atoms with Gasteiger partial charge in [-0.3, -0.25) is 5.43 Å². The molecule has 0 amide bonds. The largest absolute Gasteiger partial charge is 0.369 e. The van der Waals surface area contributed by atoms with Gasteiger partial charge in [-0.2, -0.15) is 4.98 Å². The Hall–Kier alpha value is -1.88. The SMILES string of the molecule is CC1(CNc2nc(NN)nc3ccccc23)CCCCC1. The highest BCUT2D eigenvalue weighted by Crippen LogP contribution is 2.36. The average Bonchev–Trinajstić information content (AvgIpc) is 2.53. The Morgan fingerprint density at radius 3 is 2.67 bits per heavy atom. The van der Waals surface area contributed by atoms with E-state index in [2.05, 4.69) is 27.6 Å². The predicted molar refractivity (Wildman–Crippen MR) is 87.0 cm³/mol. The monoisotopic (exact) mass is 285 g/mol. The van der Waals surface area contributed by atoms with Crippen LogP contribution in [0.25, 0.3) is 10.9 Å². The minimum Gasteiger partial charge on any atom is -0.369 e. The summed E-state index contributed by atoms with van der Waals surface area (Å²) in [6.07, 6.45) is 6.60. The number of nitrogens with zero attached hydrogens (tertiary/aromatic N) is 2. The van der Waals surface area contributed by atoms with Crippen molar-refractivity contribution in [1.29, 1.82) is 0 Å². The van der Waals surface area contributed by atoms with Crippen LogP contribution in [0.15, 0.2) is 24.3 Å². The number of hydrazine groups is 1. The number of nitrogens with one attached hydrogen (secondary N) is 2. The molecule has 0 unspecified atom stereocenters. The maximum atomic E-state index is 5.47. The molecule has 5 nitrogen and oxygen atoms in total. The zero-order chi connectivity index (χ0) is 14.7. The van der Waals surface area contributed by atoms with Gasteiger partial charge >= 0.3 is 0 Å². The van der Waals surface area contributed by atoms with Crippen LogP contribution in [-0.2, 0) is 0 Å². The summed E-state index contributed by atoms with van der Waals surface area (Å²) in [6.45, 7) is 3.31. The van der Waals surface area contributed by atoms with Gasteiger partial charge in [0.05, 0.1) is 5.52 Å². The Morgan fingerprint density at radius 1 is 1.14 bits per heavy atom. The predicted octanol–water partition coefficient (Wildman–Crippen LogP) is 3.30. The maximum absolute atomic E-state index is 5.47. The molecule has 1 aromatic carbocycles. The van der Waals surface area contributed by atoms with Crippen molar-refractivity contribution < 1.29 is 0 Å². The quantitative estimate of drug-likeness (QED) is 0.593. The van der Waals surface area contributed by atoms with Crippen molar-refractivity contribution in [2.45, 2.75) is 39.0 Å². The number of hydrogen-bond acceptors (Lipinski definition) is 5. The number of anilines is 2. The molecule has 4 N–H and O–H groups in total. The van der Waals surface area contributed by atoms with Crippen molar-refractivity contribution in [3.63, 3.8) is 0 Å². The molecule has 0 atom stereocenters. The van der Waals surface area contributed by atoms with E-state index >= 15 is 0 Å². The van der Waals surface area contributed by atoms with Gasteiger partial charge in [0.25, 0.3) is 0 Å². The summed E-state index contributed by atoms with van der Waals surface area (Å²) in [5.41, 5.74) is 3.81. The van der Waals surface area contributed by atoms with Crippen LogP contribution in [0.1, 0.15) is 39.0 Å².